The number of likely N-dealkylation sites (tertiary alicyclic amines) is 1. The van der Waals surface area contributed by atoms with Crippen LogP contribution in [0.5, 0.6) is 0 Å². The van der Waals surface area contributed by atoms with Crippen LogP contribution in [0.15, 0.2) is 47.4 Å². The Morgan fingerprint density at radius 1 is 1.25 bits per heavy atom. The summed E-state index contributed by atoms with van der Waals surface area (Å²) in [5.74, 6) is 0. The van der Waals surface area contributed by atoms with Crippen molar-refractivity contribution in [1.29, 1.82) is 0 Å². The lowest BCUT2D eigenvalue weighted by molar-refractivity contribution is 0.316. The molecule has 1 aromatic carbocycles. The average molecular weight is 343 g/mol. The van der Waals surface area contributed by atoms with Crippen molar-refractivity contribution < 1.29 is 0 Å². The lowest BCUT2D eigenvalue weighted by Gasteiger charge is -2.17. The molecular formula is C18H19ClN4O. The maximum Gasteiger partial charge on any atom is 0.330 e. The second-order valence-electron chi connectivity index (χ2n) is 6.33. The first-order valence-electron chi connectivity index (χ1n) is 8.13. The highest BCUT2D eigenvalue weighted by molar-refractivity contribution is 6.31. The quantitative estimate of drug-likeness (QED) is 0.735. The van der Waals surface area contributed by atoms with Gasteiger partial charge in [0.15, 0.2) is 5.65 Å². The molecule has 0 N–H and O–H groups in total. The molecule has 0 radical (unpaired) electrons. The van der Waals surface area contributed by atoms with Crippen molar-refractivity contribution in [3.63, 3.8) is 0 Å². The molecule has 0 saturated carbocycles. The van der Waals surface area contributed by atoms with E-state index in [1.54, 1.807) is 17.8 Å². The molecule has 0 unspecified atom stereocenters. The van der Waals surface area contributed by atoms with Gasteiger partial charge in [0.2, 0.25) is 0 Å². The van der Waals surface area contributed by atoms with Gasteiger partial charge in [-0.2, -0.15) is 0 Å². The molecule has 0 aliphatic carbocycles. The van der Waals surface area contributed by atoms with Crippen LogP contribution in [0, 0.1) is 0 Å². The normalized spacial score (nSPS) is 18.5. The van der Waals surface area contributed by atoms with E-state index >= 15 is 0 Å². The molecule has 124 valence electrons. The number of nitrogens with zero attached hydrogens (tertiary/aromatic N) is 4. The van der Waals surface area contributed by atoms with Gasteiger partial charge in [-0.05, 0) is 30.2 Å². The first-order chi connectivity index (χ1) is 11.6. The minimum atomic E-state index is 0.00768. The summed E-state index contributed by atoms with van der Waals surface area (Å²) in [4.78, 5) is 19.4. The van der Waals surface area contributed by atoms with Gasteiger partial charge in [0, 0.05) is 37.9 Å². The highest BCUT2D eigenvalue weighted by Gasteiger charge is 2.28. The van der Waals surface area contributed by atoms with Gasteiger partial charge in [0.05, 0.1) is 11.6 Å². The SMILES string of the molecule is Cn1c(=O)n([C@@H]2CCN(Cc3ccccc3Cl)C2)c2ncccc21. The van der Waals surface area contributed by atoms with Crippen LogP contribution in [0.25, 0.3) is 11.2 Å². The van der Waals surface area contributed by atoms with Gasteiger partial charge in [-0.15, -0.1) is 0 Å². The van der Waals surface area contributed by atoms with Crippen molar-refractivity contribution in [2.24, 2.45) is 7.05 Å². The predicted octanol–water partition coefficient (Wildman–Crippen LogP) is 2.84. The van der Waals surface area contributed by atoms with Gasteiger partial charge >= 0.3 is 5.69 Å². The van der Waals surface area contributed by atoms with Crippen molar-refractivity contribution in [2.75, 3.05) is 13.1 Å². The Morgan fingerprint density at radius 3 is 2.92 bits per heavy atom. The van der Waals surface area contributed by atoms with Gasteiger partial charge in [-0.3, -0.25) is 14.0 Å². The molecular weight excluding hydrogens is 324 g/mol. The Kier molecular flexibility index (Phi) is 3.90. The molecule has 1 atom stereocenters. The van der Waals surface area contributed by atoms with E-state index in [2.05, 4.69) is 16.0 Å². The summed E-state index contributed by atoms with van der Waals surface area (Å²) in [6.07, 6.45) is 2.69. The zero-order valence-corrected chi connectivity index (χ0v) is 14.3. The average Bonchev–Trinajstić information content (AvgIpc) is 3.14. The van der Waals surface area contributed by atoms with Crippen LogP contribution in [0.4, 0.5) is 0 Å². The Labute approximate surface area is 145 Å². The maximum absolute atomic E-state index is 12.6. The van der Waals surface area contributed by atoms with E-state index in [1.165, 1.54) is 0 Å². The van der Waals surface area contributed by atoms with Gasteiger partial charge in [-0.1, -0.05) is 29.8 Å². The Hall–Kier alpha value is -2.11. The smallest absolute Gasteiger partial charge is 0.297 e. The number of fused-ring (bicyclic) bond motifs is 1. The molecule has 1 saturated heterocycles. The molecule has 0 spiro atoms. The van der Waals surface area contributed by atoms with Crippen LogP contribution in [-0.2, 0) is 13.6 Å². The second-order valence-corrected chi connectivity index (χ2v) is 6.73. The van der Waals surface area contributed by atoms with Gasteiger partial charge < -0.3 is 0 Å². The Balaban J connectivity index is 1.61. The summed E-state index contributed by atoms with van der Waals surface area (Å²) in [7, 11) is 1.80. The minimum Gasteiger partial charge on any atom is -0.297 e. The number of halogens is 1. The number of aromatic nitrogens is 3. The van der Waals surface area contributed by atoms with Crippen molar-refractivity contribution in [1.82, 2.24) is 19.0 Å². The van der Waals surface area contributed by atoms with Crippen molar-refractivity contribution in [3.8, 4) is 0 Å². The monoisotopic (exact) mass is 342 g/mol. The van der Waals surface area contributed by atoms with Gasteiger partial charge in [0.1, 0.15) is 0 Å². The van der Waals surface area contributed by atoms with E-state index in [1.807, 2.05) is 34.9 Å². The summed E-state index contributed by atoms with van der Waals surface area (Å²) in [5, 5.41) is 0.796. The molecule has 1 aliphatic heterocycles. The van der Waals surface area contributed by atoms with Crippen LogP contribution < -0.4 is 5.69 Å². The predicted molar refractivity (Wildman–Crippen MR) is 95.4 cm³/mol. The topological polar surface area (TPSA) is 43.1 Å². The van der Waals surface area contributed by atoms with Crippen LogP contribution in [-0.4, -0.2) is 32.1 Å². The Bertz CT molecular complexity index is 946. The molecule has 1 aliphatic rings. The van der Waals surface area contributed by atoms with Crippen molar-refractivity contribution >= 4 is 22.8 Å². The maximum atomic E-state index is 12.6. The number of rotatable bonds is 3. The molecule has 3 aromatic rings. The summed E-state index contributed by atoms with van der Waals surface area (Å²) >= 11 is 6.27. The fourth-order valence-corrected chi connectivity index (χ4v) is 3.75. The summed E-state index contributed by atoms with van der Waals surface area (Å²) in [5.41, 5.74) is 2.79. The first-order valence-corrected chi connectivity index (χ1v) is 8.50. The zero-order chi connectivity index (χ0) is 16.7. The van der Waals surface area contributed by atoms with E-state index in [-0.39, 0.29) is 11.7 Å². The molecule has 0 amide bonds. The number of pyridine rings is 1. The second kappa shape index (κ2) is 6.07. The number of imidazole rings is 1. The molecule has 5 nitrogen and oxygen atoms in total. The fraction of sp³-hybridized carbons (Fsp3) is 0.333. The van der Waals surface area contributed by atoms with Crippen molar-refractivity contribution in [2.45, 2.75) is 19.0 Å². The highest BCUT2D eigenvalue weighted by atomic mass is 35.5. The van der Waals surface area contributed by atoms with Crippen molar-refractivity contribution in [3.05, 3.63) is 63.7 Å². The van der Waals surface area contributed by atoms with Crippen LogP contribution in [0.2, 0.25) is 5.02 Å². The van der Waals surface area contributed by atoms with Gasteiger partial charge in [-0.25, -0.2) is 9.78 Å². The molecule has 6 heteroatoms. The molecule has 24 heavy (non-hydrogen) atoms. The lowest BCUT2D eigenvalue weighted by atomic mass is 10.2. The molecule has 1 fully saturated rings. The Morgan fingerprint density at radius 2 is 2.08 bits per heavy atom. The third-order valence-electron chi connectivity index (χ3n) is 4.81. The largest absolute Gasteiger partial charge is 0.330 e. The molecule has 3 heterocycles. The third-order valence-corrected chi connectivity index (χ3v) is 5.18. The molecule has 4 rings (SSSR count). The van der Waals surface area contributed by atoms with Crippen LogP contribution in [0.1, 0.15) is 18.0 Å². The van der Waals surface area contributed by atoms with Gasteiger partial charge in [0.25, 0.3) is 0 Å². The summed E-state index contributed by atoms with van der Waals surface area (Å²) in [6, 6.07) is 11.9. The van der Waals surface area contributed by atoms with Crippen LogP contribution >= 0.6 is 11.6 Å². The summed E-state index contributed by atoms with van der Waals surface area (Å²) in [6.45, 7) is 2.59. The minimum absolute atomic E-state index is 0.00768. The first kappa shape index (κ1) is 15.4. The third kappa shape index (κ3) is 2.54. The highest BCUT2D eigenvalue weighted by Crippen LogP contribution is 2.26. The van der Waals surface area contributed by atoms with Crippen LogP contribution in [0.3, 0.4) is 0 Å². The zero-order valence-electron chi connectivity index (χ0n) is 13.5. The number of aryl methyl sites for hydroxylation is 1. The lowest BCUT2D eigenvalue weighted by Crippen LogP contribution is -2.28. The number of benzene rings is 1. The molecule has 2 aromatic heterocycles. The fourth-order valence-electron chi connectivity index (χ4n) is 3.55. The number of hydrogen-bond donors (Lipinski definition) is 0. The number of hydrogen-bond acceptors (Lipinski definition) is 3. The van der Waals surface area contributed by atoms with E-state index in [9.17, 15) is 4.79 Å². The van der Waals surface area contributed by atoms with E-state index < -0.39 is 0 Å². The van der Waals surface area contributed by atoms with E-state index in [4.69, 9.17) is 11.6 Å². The standard InChI is InChI=1S/C18H19ClN4O/c1-21-16-7-4-9-20-17(16)23(18(21)24)14-8-10-22(12-14)11-13-5-2-3-6-15(13)19/h2-7,9,14H,8,10-12H2,1H3/t14-/m1/s1. The summed E-state index contributed by atoms with van der Waals surface area (Å²) < 4.78 is 3.53. The van der Waals surface area contributed by atoms with E-state index in [0.717, 1.165) is 47.8 Å². The van der Waals surface area contributed by atoms with E-state index in [0.29, 0.717) is 0 Å². The molecule has 0 bridgehead atoms.